The number of hydrogen-bond acceptors (Lipinski definition) is 3. The van der Waals surface area contributed by atoms with Crippen molar-refractivity contribution in [3.8, 4) is 0 Å². The van der Waals surface area contributed by atoms with E-state index in [2.05, 4.69) is 5.32 Å². The lowest BCUT2D eigenvalue weighted by Crippen LogP contribution is -2.23. The number of sulfone groups is 1. The molecular weight excluding hydrogens is 346 g/mol. The fourth-order valence-corrected chi connectivity index (χ4v) is 4.65. The van der Waals surface area contributed by atoms with E-state index in [1.165, 1.54) is 6.07 Å². The lowest BCUT2D eigenvalue weighted by molar-refractivity contribution is -0.119. The molecule has 0 aliphatic carbocycles. The summed E-state index contributed by atoms with van der Waals surface area (Å²) in [6.45, 7) is 7.53. The van der Waals surface area contributed by atoms with Crippen LogP contribution in [-0.2, 0) is 21.1 Å². The number of nitrogens with one attached hydrogen (secondary N) is 1. The predicted molar refractivity (Wildman–Crippen MR) is 106 cm³/mol. The van der Waals surface area contributed by atoms with Gasteiger partial charge in [0.25, 0.3) is 0 Å². The molecule has 2 rings (SSSR count). The van der Waals surface area contributed by atoms with Crippen LogP contribution < -0.4 is 5.32 Å². The molecule has 2 aromatic carbocycles. The van der Waals surface area contributed by atoms with E-state index in [4.69, 9.17) is 0 Å². The van der Waals surface area contributed by atoms with Crippen molar-refractivity contribution in [1.29, 1.82) is 0 Å². The summed E-state index contributed by atoms with van der Waals surface area (Å²) in [4.78, 5) is 12.7. The van der Waals surface area contributed by atoms with Gasteiger partial charge in [0.15, 0.2) is 9.84 Å². The highest BCUT2D eigenvalue weighted by molar-refractivity contribution is 7.91. The highest BCUT2D eigenvalue weighted by atomic mass is 32.2. The second-order valence-corrected chi connectivity index (χ2v) is 9.92. The molecule has 1 N–H and O–H groups in total. The molecular formula is C21H27NO3S. The minimum atomic E-state index is -3.40. The Kier molecular flexibility index (Phi) is 6.24. The molecule has 0 heterocycles. The first-order valence-corrected chi connectivity index (χ1v) is 10.4. The van der Waals surface area contributed by atoms with Gasteiger partial charge in [0.05, 0.1) is 10.6 Å². The zero-order chi connectivity index (χ0) is 19.4. The smallest absolute Gasteiger partial charge is 0.227 e. The van der Waals surface area contributed by atoms with E-state index in [1.54, 1.807) is 18.2 Å². The first kappa shape index (κ1) is 20.2. The summed E-state index contributed by atoms with van der Waals surface area (Å²) in [6, 6.07) is 16.3. The van der Waals surface area contributed by atoms with Crippen molar-refractivity contribution < 1.29 is 13.2 Å². The van der Waals surface area contributed by atoms with Crippen LogP contribution in [0.5, 0.6) is 0 Å². The van der Waals surface area contributed by atoms with Gasteiger partial charge in [-0.25, -0.2) is 8.42 Å². The summed E-state index contributed by atoms with van der Waals surface area (Å²) in [5.74, 6) is -0.284. The Morgan fingerprint density at radius 3 is 2.31 bits per heavy atom. The zero-order valence-corrected chi connectivity index (χ0v) is 16.6. The molecule has 2 aromatic rings. The number of hydrogen-bond donors (Lipinski definition) is 1. The van der Waals surface area contributed by atoms with Crippen LogP contribution >= 0.6 is 0 Å². The summed E-state index contributed by atoms with van der Waals surface area (Å²) in [5.41, 5.74) is 1.27. The molecule has 1 amide bonds. The first-order chi connectivity index (χ1) is 12.1. The normalized spacial score (nSPS) is 13.2. The monoisotopic (exact) mass is 373 g/mol. The van der Waals surface area contributed by atoms with Crippen molar-refractivity contribution in [2.75, 3.05) is 11.1 Å². The van der Waals surface area contributed by atoms with Crippen LogP contribution in [0.1, 0.15) is 33.3 Å². The Morgan fingerprint density at radius 1 is 1.04 bits per heavy atom. The van der Waals surface area contributed by atoms with Crippen LogP contribution in [-0.4, -0.2) is 20.1 Å². The quantitative estimate of drug-likeness (QED) is 0.820. The number of anilines is 1. The van der Waals surface area contributed by atoms with Crippen LogP contribution in [0.4, 0.5) is 5.69 Å². The van der Waals surface area contributed by atoms with Gasteiger partial charge in [0.2, 0.25) is 5.91 Å². The third-order valence-electron chi connectivity index (χ3n) is 3.92. The Morgan fingerprint density at radius 2 is 1.69 bits per heavy atom. The van der Waals surface area contributed by atoms with Gasteiger partial charge in [-0.2, -0.15) is 0 Å². The molecule has 0 aromatic heterocycles. The topological polar surface area (TPSA) is 63.2 Å². The van der Waals surface area contributed by atoms with Crippen LogP contribution in [0, 0.1) is 11.3 Å². The largest absolute Gasteiger partial charge is 0.326 e. The van der Waals surface area contributed by atoms with Gasteiger partial charge in [-0.3, -0.25) is 4.79 Å². The minimum Gasteiger partial charge on any atom is -0.326 e. The van der Waals surface area contributed by atoms with Crippen molar-refractivity contribution in [1.82, 2.24) is 0 Å². The Bertz CT molecular complexity index is 852. The van der Waals surface area contributed by atoms with E-state index in [9.17, 15) is 13.2 Å². The number of carbonyl (C=O) groups excluding carboxylic acids is 1. The van der Waals surface area contributed by atoms with Crippen LogP contribution in [0.3, 0.4) is 0 Å². The van der Waals surface area contributed by atoms with Crippen molar-refractivity contribution in [3.63, 3.8) is 0 Å². The number of amides is 1. The maximum absolute atomic E-state index is 12.5. The third kappa shape index (κ3) is 5.99. The standard InChI is InChI=1S/C21H27NO3S/c1-16(13-17-9-6-5-7-10-17)20(23)22-18-11-8-12-19(14-18)26(24,25)15-21(2,3)4/h5-12,14,16H,13,15H2,1-4H3,(H,22,23)/t16-/m0/s1. The highest BCUT2D eigenvalue weighted by Gasteiger charge is 2.24. The van der Waals surface area contributed by atoms with Gasteiger partial charge >= 0.3 is 0 Å². The van der Waals surface area contributed by atoms with E-state index in [0.717, 1.165) is 5.56 Å². The molecule has 140 valence electrons. The zero-order valence-electron chi connectivity index (χ0n) is 15.8. The fraction of sp³-hybridized carbons (Fsp3) is 0.381. The van der Waals surface area contributed by atoms with Gasteiger partial charge in [0, 0.05) is 11.6 Å². The predicted octanol–water partition coefficient (Wildman–Crippen LogP) is 4.32. The van der Waals surface area contributed by atoms with Crippen LogP contribution in [0.2, 0.25) is 0 Å². The van der Waals surface area contributed by atoms with Crippen molar-refractivity contribution in [2.24, 2.45) is 11.3 Å². The van der Waals surface area contributed by atoms with Crippen LogP contribution in [0.15, 0.2) is 59.5 Å². The molecule has 0 unspecified atom stereocenters. The van der Waals surface area contributed by atoms with E-state index in [0.29, 0.717) is 12.1 Å². The molecule has 0 saturated heterocycles. The van der Waals surface area contributed by atoms with Gasteiger partial charge in [-0.1, -0.05) is 64.1 Å². The van der Waals surface area contributed by atoms with Crippen molar-refractivity contribution >= 4 is 21.4 Å². The molecule has 0 spiro atoms. The summed E-state index contributed by atoms with van der Waals surface area (Å²) in [5, 5.41) is 2.83. The van der Waals surface area contributed by atoms with Crippen molar-refractivity contribution in [2.45, 2.75) is 39.0 Å². The van der Waals surface area contributed by atoms with Crippen LogP contribution in [0.25, 0.3) is 0 Å². The summed E-state index contributed by atoms with van der Waals surface area (Å²) in [6.07, 6.45) is 0.634. The Labute approximate surface area is 156 Å². The molecule has 26 heavy (non-hydrogen) atoms. The summed E-state index contributed by atoms with van der Waals surface area (Å²) >= 11 is 0. The van der Waals surface area contributed by atoms with Gasteiger partial charge in [0.1, 0.15) is 0 Å². The van der Waals surface area contributed by atoms with E-state index < -0.39 is 9.84 Å². The Hall–Kier alpha value is -2.14. The van der Waals surface area contributed by atoms with E-state index in [-0.39, 0.29) is 27.9 Å². The van der Waals surface area contributed by atoms with Gasteiger partial charge in [-0.05, 0) is 35.6 Å². The molecule has 0 aliphatic rings. The molecule has 0 fully saturated rings. The molecule has 5 heteroatoms. The molecule has 0 bridgehead atoms. The second-order valence-electron chi connectivity index (χ2n) is 7.93. The second kappa shape index (κ2) is 8.04. The number of benzene rings is 2. The molecule has 0 saturated carbocycles. The maximum atomic E-state index is 12.5. The first-order valence-electron chi connectivity index (χ1n) is 8.74. The average Bonchev–Trinajstić information content (AvgIpc) is 2.54. The molecule has 1 atom stereocenters. The van der Waals surface area contributed by atoms with E-state index >= 15 is 0 Å². The molecule has 4 nitrogen and oxygen atoms in total. The lowest BCUT2D eigenvalue weighted by atomic mass is 10.0. The molecule has 0 radical (unpaired) electrons. The minimum absolute atomic E-state index is 0.0574. The lowest BCUT2D eigenvalue weighted by Gasteiger charge is -2.18. The Balaban J connectivity index is 2.09. The molecule has 0 aliphatic heterocycles. The SMILES string of the molecule is C[C@@H](Cc1ccccc1)C(=O)Nc1cccc(S(=O)(=O)CC(C)(C)C)c1. The third-order valence-corrected chi connectivity index (χ3v) is 6.13. The van der Waals surface area contributed by atoms with Gasteiger partial charge in [-0.15, -0.1) is 0 Å². The highest BCUT2D eigenvalue weighted by Crippen LogP contribution is 2.24. The number of rotatable bonds is 6. The van der Waals surface area contributed by atoms with Crippen molar-refractivity contribution in [3.05, 3.63) is 60.2 Å². The fourth-order valence-electron chi connectivity index (χ4n) is 2.75. The summed E-state index contributed by atoms with van der Waals surface area (Å²) < 4.78 is 25.1. The van der Waals surface area contributed by atoms with E-state index in [1.807, 2.05) is 58.0 Å². The maximum Gasteiger partial charge on any atom is 0.227 e. The summed E-state index contributed by atoms with van der Waals surface area (Å²) in [7, 11) is -3.40. The average molecular weight is 374 g/mol. The van der Waals surface area contributed by atoms with Gasteiger partial charge < -0.3 is 5.32 Å². The number of carbonyl (C=O) groups is 1.